The van der Waals surface area contributed by atoms with Crippen molar-refractivity contribution in [3.63, 3.8) is 0 Å². The molecule has 0 saturated heterocycles. The number of nitrogens with two attached hydrogens (primary N) is 1. The van der Waals surface area contributed by atoms with Gasteiger partial charge in [-0.25, -0.2) is 13.8 Å². The molecule has 2 N–H and O–H groups in total. The van der Waals surface area contributed by atoms with E-state index >= 15 is 0 Å². The van der Waals surface area contributed by atoms with Crippen LogP contribution in [0.25, 0.3) is 0 Å². The van der Waals surface area contributed by atoms with Gasteiger partial charge in [0.15, 0.2) is 5.75 Å². The van der Waals surface area contributed by atoms with Gasteiger partial charge in [0.05, 0.1) is 11.9 Å². The third kappa shape index (κ3) is 2.25. The lowest BCUT2D eigenvalue weighted by molar-refractivity contribution is 0.457. The molecule has 0 fully saturated rings. The predicted molar refractivity (Wildman–Crippen MR) is 55.1 cm³/mol. The molecule has 5 heteroatoms. The maximum atomic E-state index is 12.9. The number of hydrogen-bond acceptors (Lipinski definition) is 3. The van der Waals surface area contributed by atoms with Crippen LogP contribution < -0.4 is 10.5 Å². The molecule has 16 heavy (non-hydrogen) atoms. The number of pyridine rings is 1. The van der Waals surface area contributed by atoms with Crippen LogP contribution >= 0.6 is 0 Å². The Morgan fingerprint density at radius 2 is 1.81 bits per heavy atom. The summed E-state index contributed by atoms with van der Waals surface area (Å²) in [5.41, 5.74) is 5.86. The van der Waals surface area contributed by atoms with E-state index in [1.807, 2.05) is 0 Å². The molecule has 0 aliphatic rings. The smallest absolute Gasteiger partial charge is 0.219 e. The highest BCUT2D eigenvalue weighted by atomic mass is 19.1. The van der Waals surface area contributed by atoms with Crippen molar-refractivity contribution in [2.75, 3.05) is 5.73 Å². The van der Waals surface area contributed by atoms with Crippen LogP contribution in [0.2, 0.25) is 0 Å². The fourth-order valence-corrected chi connectivity index (χ4v) is 1.13. The lowest BCUT2D eigenvalue weighted by Gasteiger charge is -2.06. The highest BCUT2D eigenvalue weighted by molar-refractivity contribution is 5.53. The summed E-state index contributed by atoms with van der Waals surface area (Å²) in [5.74, 6) is -0.635. The first kappa shape index (κ1) is 10.4. The molecule has 0 radical (unpaired) electrons. The van der Waals surface area contributed by atoms with Gasteiger partial charge in [0.2, 0.25) is 5.88 Å². The molecular formula is C11H8F2N2O. The molecule has 1 heterocycles. The molecule has 1 aromatic heterocycles. The number of benzene rings is 1. The van der Waals surface area contributed by atoms with Crippen LogP contribution in [-0.4, -0.2) is 4.98 Å². The van der Waals surface area contributed by atoms with E-state index < -0.39 is 11.6 Å². The predicted octanol–water partition coefficient (Wildman–Crippen LogP) is 2.73. The number of rotatable bonds is 2. The third-order valence-electron chi connectivity index (χ3n) is 1.89. The van der Waals surface area contributed by atoms with Gasteiger partial charge in [-0.15, -0.1) is 0 Å². The lowest BCUT2D eigenvalue weighted by atomic mass is 10.3. The van der Waals surface area contributed by atoms with E-state index in [2.05, 4.69) is 4.98 Å². The first-order chi connectivity index (χ1) is 7.65. The highest BCUT2D eigenvalue weighted by Gasteiger charge is 2.04. The Morgan fingerprint density at radius 3 is 2.50 bits per heavy atom. The van der Waals surface area contributed by atoms with Gasteiger partial charge >= 0.3 is 0 Å². The highest BCUT2D eigenvalue weighted by Crippen LogP contribution is 2.26. The van der Waals surface area contributed by atoms with Gasteiger partial charge in [-0.3, -0.25) is 0 Å². The Kier molecular flexibility index (Phi) is 2.68. The molecule has 82 valence electrons. The molecule has 0 aliphatic heterocycles. The number of hydrogen-bond donors (Lipinski definition) is 1. The van der Waals surface area contributed by atoms with E-state index in [1.54, 1.807) is 0 Å². The number of nitrogen functional groups attached to an aromatic ring is 1. The minimum Gasteiger partial charge on any atom is -0.437 e. The van der Waals surface area contributed by atoms with Crippen LogP contribution in [0.5, 0.6) is 11.6 Å². The standard InChI is InChI=1S/C11H8F2N2O/c12-7-1-3-9(14)10(5-7)16-11-4-2-8(13)6-15-11/h1-6H,14H2. The Labute approximate surface area is 90.5 Å². The van der Waals surface area contributed by atoms with Crippen LogP contribution in [0.15, 0.2) is 36.5 Å². The summed E-state index contributed by atoms with van der Waals surface area (Å²) >= 11 is 0. The second-order valence-corrected chi connectivity index (χ2v) is 3.10. The molecule has 0 bridgehead atoms. The van der Waals surface area contributed by atoms with Crippen molar-refractivity contribution < 1.29 is 13.5 Å². The third-order valence-corrected chi connectivity index (χ3v) is 1.89. The van der Waals surface area contributed by atoms with E-state index in [0.29, 0.717) is 0 Å². The summed E-state index contributed by atoms with van der Waals surface area (Å²) < 4.78 is 30.7. The first-order valence-electron chi connectivity index (χ1n) is 4.49. The van der Waals surface area contributed by atoms with E-state index in [9.17, 15) is 8.78 Å². The average Bonchev–Trinajstić information content (AvgIpc) is 2.27. The van der Waals surface area contributed by atoms with Crippen molar-refractivity contribution >= 4 is 5.69 Å². The van der Waals surface area contributed by atoms with Crippen LogP contribution in [0.3, 0.4) is 0 Å². The van der Waals surface area contributed by atoms with Crippen LogP contribution in [0.4, 0.5) is 14.5 Å². The minimum atomic E-state index is -0.473. The van der Waals surface area contributed by atoms with Gasteiger partial charge in [-0.05, 0) is 18.2 Å². The van der Waals surface area contributed by atoms with Crippen molar-refractivity contribution in [3.05, 3.63) is 48.2 Å². The first-order valence-corrected chi connectivity index (χ1v) is 4.49. The average molecular weight is 222 g/mol. The van der Waals surface area contributed by atoms with Crippen molar-refractivity contribution in [1.29, 1.82) is 0 Å². The molecule has 0 atom stereocenters. The van der Waals surface area contributed by atoms with Crippen molar-refractivity contribution in [2.24, 2.45) is 0 Å². The molecule has 3 nitrogen and oxygen atoms in total. The molecule has 1 aromatic carbocycles. The fourth-order valence-electron chi connectivity index (χ4n) is 1.13. The molecule has 2 rings (SSSR count). The van der Waals surface area contributed by atoms with Crippen LogP contribution in [0.1, 0.15) is 0 Å². The summed E-state index contributed by atoms with van der Waals surface area (Å²) in [5, 5.41) is 0. The summed E-state index contributed by atoms with van der Waals surface area (Å²) in [4.78, 5) is 3.67. The number of halogens is 2. The zero-order valence-electron chi connectivity index (χ0n) is 8.15. The Morgan fingerprint density at radius 1 is 1.06 bits per heavy atom. The molecule has 2 aromatic rings. The van der Waals surface area contributed by atoms with Gasteiger partial charge in [0.1, 0.15) is 11.6 Å². The number of ether oxygens (including phenoxy) is 1. The van der Waals surface area contributed by atoms with Gasteiger partial charge in [0.25, 0.3) is 0 Å². The molecule has 0 aliphatic carbocycles. The molecular weight excluding hydrogens is 214 g/mol. The number of aromatic nitrogens is 1. The molecule has 0 unspecified atom stereocenters. The van der Waals surface area contributed by atoms with Crippen LogP contribution in [-0.2, 0) is 0 Å². The SMILES string of the molecule is Nc1ccc(F)cc1Oc1ccc(F)cn1. The fraction of sp³-hybridized carbons (Fsp3) is 0. The van der Waals surface area contributed by atoms with Crippen molar-refractivity contribution in [1.82, 2.24) is 4.98 Å². The van der Waals surface area contributed by atoms with Gasteiger partial charge in [0, 0.05) is 12.1 Å². The maximum Gasteiger partial charge on any atom is 0.219 e. The summed E-state index contributed by atoms with van der Waals surface area (Å²) in [6, 6.07) is 6.27. The quantitative estimate of drug-likeness (QED) is 0.795. The largest absolute Gasteiger partial charge is 0.437 e. The van der Waals surface area contributed by atoms with Crippen molar-refractivity contribution in [3.8, 4) is 11.6 Å². The summed E-state index contributed by atoms with van der Waals surface area (Å²) in [6.45, 7) is 0. The molecule has 0 saturated carbocycles. The minimum absolute atomic E-state index is 0.152. The van der Waals surface area contributed by atoms with Gasteiger partial charge in [-0.1, -0.05) is 0 Å². The zero-order valence-corrected chi connectivity index (χ0v) is 8.15. The monoisotopic (exact) mass is 222 g/mol. The Balaban J connectivity index is 2.26. The Bertz CT molecular complexity index is 500. The number of nitrogens with zero attached hydrogens (tertiary/aromatic N) is 1. The topological polar surface area (TPSA) is 48.1 Å². The molecule has 0 amide bonds. The number of anilines is 1. The van der Waals surface area contributed by atoms with E-state index in [4.69, 9.17) is 10.5 Å². The normalized spacial score (nSPS) is 10.1. The zero-order chi connectivity index (χ0) is 11.5. The Hall–Kier alpha value is -2.17. The van der Waals surface area contributed by atoms with Gasteiger partial charge in [-0.2, -0.15) is 0 Å². The maximum absolute atomic E-state index is 12.9. The van der Waals surface area contributed by atoms with Crippen molar-refractivity contribution in [2.45, 2.75) is 0 Å². The van der Waals surface area contributed by atoms with E-state index in [0.717, 1.165) is 12.3 Å². The molecule has 0 spiro atoms. The van der Waals surface area contributed by atoms with E-state index in [-0.39, 0.29) is 17.3 Å². The second-order valence-electron chi connectivity index (χ2n) is 3.10. The van der Waals surface area contributed by atoms with Crippen LogP contribution in [0, 0.1) is 11.6 Å². The summed E-state index contributed by atoms with van der Waals surface area (Å²) in [6.07, 6.45) is 1.00. The lowest BCUT2D eigenvalue weighted by Crippen LogP contribution is -1.94. The van der Waals surface area contributed by atoms with E-state index in [1.165, 1.54) is 24.3 Å². The summed E-state index contributed by atoms with van der Waals surface area (Å²) in [7, 11) is 0. The second kappa shape index (κ2) is 4.14. The van der Waals surface area contributed by atoms with Gasteiger partial charge < -0.3 is 10.5 Å².